The maximum Gasteiger partial charge on any atom is 0.311 e. The van der Waals surface area contributed by atoms with Crippen LogP contribution in [0.25, 0.3) is 0 Å². The molecule has 0 heterocycles. The molecule has 0 spiro atoms. The molecule has 0 bridgehead atoms. The lowest BCUT2D eigenvalue weighted by atomic mass is 9.86. The number of hydrogen-bond acceptors (Lipinski definition) is 2. The average molecular weight is 240 g/mol. The van der Waals surface area contributed by atoms with Crippen LogP contribution in [0.2, 0.25) is 0 Å². The normalized spacial score (nSPS) is 24.2. The molecular weight excluding hydrogens is 216 g/mol. The van der Waals surface area contributed by atoms with E-state index in [0.717, 1.165) is 19.3 Å². The molecule has 4 nitrogen and oxygen atoms in total. The fraction of sp³-hybridized carbons (Fsp3) is 0.846. The van der Waals surface area contributed by atoms with Gasteiger partial charge in [0.1, 0.15) is 0 Å². The minimum atomic E-state index is -0.438. The monoisotopic (exact) mass is 240 g/mol. The van der Waals surface area contributed by atoms with Crippen molar-refractivity contribution in [2.24, 2.45) is 5.92 Å². The molecule has 1 aliphatic rings. The summed E-state index contributed by atoms with van der Waals surface area (Å²) in [6.45, 7) is 7.09. The quantitative estimate of drug-likeness (QED) is 0.761. The van der Waals surface area contributed by atoms with E-state index in [9.17, 15) is 9.59 Å². The van der Waals surface area contributed by atoms with E-state index in [-0.39, 0.29) is 6.04 Å². The highest BCUT2D eigenvalue weighted by Gasteiger charge is 2.26. The van der Waals surface area contributed by atoms with Crippen molar-refractivity contribution in [3.8, 4) is 0 Å². The van der Waals surface area contributed by atoms with Crippen molar-refractivity contribution >= 4 is 11.8 Å². The molecule has 1 rings (SSSR count). The van der Waals surface area contributed by atoms with Crippen LogP contribution in [-0.2, 0) is 9.59 Å². The van der Waals surface area contributed by atoms with Gasteiger partial charge < -0.3 is 10.2 Å². The third-order valence-electron chi connectivity index (χ3n) is 3.67. The Hall–Kier alpha value is -1.06. The lowest BCUT2D eigenvalue weighted by molar-refractivity contribution is -0.146. The van der Waals surface area contributed by atoms with Crippen LogP contribution >= 0.6 is 0 Å². The van der Waals surface area contributed by atoms with E-state index in [1.54, 1.807) is 4.90 Å². The third-order valence-corrected chi connectivity index (χ3v) is 3.67. The summed E-state index contributed by atoms with van der Waals surface area (Å²) in [6, 6.07) is 0.177. The lowest BCUT2D eigenvalue weighted by Gasteiger charge is -2.30. The Morgan fingerprint density at radius 2 is 1.76 bits per heavy atom. The van der Waals surface area contributed by atoms with Crippen LogP contribution in [0.1, 0.15) is 46.5 Å². The summed E-state index contributed by atoms with van der Waals surface area (Å²) < 4.78 is 0. The fourth-order valence-corrected chi connectivity index (χ4v) is 2.42. The van der Waals surface area contributed by atoms with E-state index >= 15 is 0 Å². The highest BCUT2D eigenvalue weighted by atomic mass is 16.2. The average Bonchev–Trinajstić information content (AvgIpc) is 2.33. The van der Waals surface area contributed by atoms with Crippen molar-refractivity contribution in [1.29, 1.82) is 0 Å². The van der Waals surface area contributed by atoms with Crippen molar-refractivity contribution in [1.82, 2.24) is 10.2 Å². The summed E-state index contributed by atoms with van der Waals surface area (Å²) in [5, 5.41) is 2.89. The zero-order chi connectivity index (χ0) is 12.8. The number of nitrogens with zero attached hydrogens (tertiary/aromatic N) is 1. The van der Waals surface area contributed by atoms with Crippen LogP contribution in [0.5, 0.6) is 0 Å². The van der Waals surface area contributed by atoms with Gasteiger partial charge in [0, 0.05) is 19.1 Å². The number of amides is 2. The molecular formula is C13H24N2O2. The molecule has 0 aromatic rings. The molecule has 4 heteroatoms. The molecule has 2 atom stereocenters. The maximum absolute atomic E-state index is 11.8. The smallest absolute Gasteiger partial charge is 0.311 e. The number of hydrogen-bond donors (Lipinski definition) is 1. The van der Waals surface area contributed by atoms with E-state index in [1.807, 2.05) is 13.8 Å². The molecule has 1 N–H and O–H groups in total. The Bertz CT molecular complexity index is 275. The minimum absolute atomic E-state index is 0.177. The van der Waals surface area contributed by atoms with Gasteiger partial charge in [-0.25, -0.2) is 0 Å². The van der Waals surface area contributed by atoms with Crippen LogP contribution in [-0.4, -0.2) is 35.8 Å². The van der Waals surface area contributed by atoms with Crippen LogP contribution in [0, 0.1) is 5.92 Å². The van der Waals surface area contributed by atoms with Gasteiger partial charge in [-0.3, -0.25) is 9.59 Å². The van der Waals surface area contributed by atoms with E-state index in [2.05, 4.69) is 12.2 Å². The Kier molecular flexibility index (Phi) is 5.45. The Morgan fingerprint density at radius 3 is 2.29 bits per heavy atom. The number of rotatable bonds is 3. The van der Waals surface area contributed by atoms with Crippen LogP contribution in [0.4, 0.5) is 0 Å². The summed E-state index contributed by atoms with van der Waals surface area (Å²) in [6.07, 6.45) is 4.52. The number of carbonyl (C=O) groups is 2. The van der Waals surface area contributed by atoms with Crippen molar-refractivity contribution < 1.29 is 9.59 Å². The van der Waals surface area contributed by atoms with Crippen molar-refractivity contribution in [2.75, 3.05) is 13.1 Å². The molecule has 1 aliphatic carbocycles. The largest absolute Gasteiger partial charge is 0.345 e. The summed E-state index contributed by atoms with van der Waals surface area (Å²) in [5.74, 6) is -0.350. The Balaban J connectivity index is 2.50. The lowest BCUT2D eigenvalue weighted by Crippen LogP contribution is -2.49. The van der Waals surface area contributed by atoms with Gasteiger partial charge in [-0.1, -0.05) is 19.8 Å². The summed E-state index contributed by atoms with van der Waals surface area (Å²) in [4.78, 5) is 25.2. The van der Waals surface area contributed by atoms with Gasteiger partial charge in [-0.05, 0) is 32.6 Å². The van der Waals surface area contributed by atoms with Crippen LogP contribution in [0.15, 0.2) is 0 Å². The highest BCUT2D eigenvalue weighted by molar-refractivity contribution is 6.35. The summed E-state index contributed by atoms with van der Waals surface area (Å²) >= 11 is 0. The zero-order valence-electron chi connectivity index (χ0n) is 11.2. The predicted octanol–water partition coefficient (Wildman–Crippen LogP) is 1.55. The highest BCUT2D eigenvalue weighted by Crippen LogP contribution is 2.23. The van der Waals surface area contributed by atoms with E-state index < -0.39 is 11.8 Å². The number of carbonyl (C=O) groups excluding carboxylic acids is 2. The summed E-state index contributed by atoms with van der Waals surface area (Å²) in [7, 11) is 0. The van der Waals surface area contributed by atoms with Crippen LogP contribution in [0.3, 0.4) is 0 Å². The van der Waals surface area contributed by atoms with E-state index in [0.29, 0.717) is 19.0 Å². The standard InChI is InChI=1S/C13H24N2O2/c1-4-15(5-2)13(17)12(16)14-11-9-7-6-8-10(11)3/h10-11H,4-9H2,1-3H3,(H,14,16). The predicted molar refractivity (Wildman–Crippen MR) is 67.5 cm³/mol. The topological polar surface area (TPSA) is 49.4 Å². The first-order chi connectivity index (χ1) is 8.10. The van der Waals surface area contributed by atoms with Gasteiger partial charge >= 0.3 is 11.8 Å². The summed E-state index contributed by atoms with van der Waals surface area (Å²) in [5.41, 5.74) is 0. The van der Waals surface area contributed by atoms with Gasteiger partial charge in [0.05, 0.1) is 0 Å². The van der Waals surface area contributed by atoms with Gasteiger partial charge in [0.25, 0.3) is 0 Å². The number of nitrogens with one attached hydrogen (secondary N) is 1. The zero-order valence-corrected chi connectivity index (χ0v) is 11.2. The van der Waals surface area contributed by atoms with Crippen molar-refractivity contribution in [2.45, 2.75) is 52.5 Å². The third kappa shape index (κ3) is 3.72. The second kappa shape index (κ2) is 6.62. The SMILES string of the molecule is CCN(CC)C(=O)C(=O)NC1CCCCC1C. The van der Waals surface area contributed by atoms with Crippen molar-refractivity contribution in [3.63, 3.8) is 0 Å². The van der Waals surface area contributed by atoms with Gasteiger partial charge in [-0.15, -0.1) is 0 Å². The first-order valence-corrected chi connectivity index (χ1v) is 6.69. The second-order valence-corrected chi connectivity index (χ2v) is 4.82. The molecule has 0 aromatic heterocycles. The molecule has 0 radical (unpaired) electrons. The van der Waals surface area contributed by atoms with E-state index in [1.165, 1.54) is 6.42 Å². The first-order valence-electron chi connectivity index (χ1n) is 6.69. The first kappa shape index (κ1) is 14.0. The van der Waals surface area contributed by atoms with Gasteiger partial charge in [-0.2, -0.15) is 0 Å². The molecule has 0 aromatic carbocycles. The maximum atomic E-state index is 11.8. The molecule has 1 saturated carbocycles. The van der Waals surface area contributed by atoms with E-state index in [4.69, 9.17) is 0 Å². The molecule has 0 aliphatic heterocycles. The van der Waals surface area contributed by atoms with Gasteiger partial charge in [0.15, 0.2) is 0 Å². The molecule has 0 saturated heterocycles. The van der Waals surface area contributed by atoms with Crippen molar-refractivity contribution in [3.05, 3.63) is 0 Å². The number of likely N-dealkylation sites (N-methyl/N-ethyl adjacent to an activating group) is 1. The Morgan fingerprint density at radius 1 is 1.18 bits per heavy atom. The minimum Gasteiger partial charge on any atom is -0.345 e. The Labute approximate surface area is 104 Å². The molecule has 2 amide bonds. The molecule has 17 heavy (non-hydrogen) atoms. The molecule has 2 unspecified atom stereocenters. The van der Waals surface area contributed by atoms with Gasteiger partial charge in [0.2, 0.25) is 0 Å². The fourth-order valence-electron chi connectivity index (χ4n) is 2.42. The molecule has 1 fully saturated rings. The van der Waals surface area contributed by atoms with Crippen LogP contribution < -0.4 is 5.32 Å². The second-order valence-electron chi connectivity index (χ2n) is 4.82. The molecule has 98 valence electrons.